The molecule has 3 aromatic carbocycles. The molecule has 0 spiro atoms. The molecule has 0 radical (unpaired) electrons. The SMILES string of the molecule is CC(=O)Oc1ccc(N2C(=O)[C@@H]3[C@H](C2=O)[C@@H]2c4ccccc4C=CN2[C@@H]3C(=O)c2ccc([N+](=O)[O-])cc2)cc1. The molecule has 2 amide bonds. The Morgan fingerprint density at radius 2 is 1.56 bits per heavy atom. The molecular weight excluding hydrogens is 502 g/mol. The van der Waals surface area contributed by atoms with Crippen LogP contribution in [0.4, 0.5) is 11.4 Å². The molecule has 0 aromatic heterocycles. The molecule has 0 saturated carbocycles. The lowest BCUT2D eigenvalue weighted by Crippen LogP contribution is -2.44. The fourth-order valence-electron chi connectivity index (χ4n) is 5.86. The van der Waals surface area contributed by atoms with Crippen LogP contribution < -0.4 is 9.64 Å². The fraction of sp³-hybridized carbons (Fsp3) is 0.172. The third-order valence-corrected chi connectivity index (χ3v) is 7.45. The number of rotatable bonds is 5. The van der Waals surface area contributed by atoms with Gasteiger partial charge in [0.05, 0.1) is 28.5 Å². The number of anilines is 1. The van der Waals surface area contributed by atoms with Crippen LogP contribution in [0.2, 0.25) is 0 Å². The lowest BCUT2D eigenvalue weighted by Gasteiger charge is -2.35. The number of ether oxygens (including phenoxy) is 1. The number of imide groups is 1. The summed E-state index contributed by atoms with van der Waals surface area (Å²) in [6.07, 6.45) is 3.60. The molecule has 0 aliphatic carbocycles. The number of ketones is 1. The van der Waals surface area contributed by atoms with E-state index in [0.717, 1.165) is 16.0 Å². The Bertz CT molecular complexity index is 1580. The minimum Gasteiger partial charge on any atom is -0.427 e. The van der Waals surface area contributed by atoms with Crippen LogP contribution in [0.25, 0.3) is 6.08 Å². The predicted octanol–water partition coefficient (Wildman–Crippen LogP) is 3.92. The first-order valence-corrected chi connectivity index (χ1v) is 12.3. The second kappa shape index (κ2) is 9.02. The van der Waals surface area contributed by atoms with Crippen LogP contribution in [0.1, 0.15) is 34.5 Å². The summed E-state index contributed by atoms with van der Waals surface area (Å²) in [6, 6.07) is 17.3. The van der Waals surface area contributed by atoms with Crippen molar-refractivity contribution in [1.82, 2.24) is 4.90 Å². The van der Waals surface area contributed by atoms with Crippen molar-refractivity contribution in [2.45, 2.75) is 19.0 Å². The Morgan fingerprint density at radius 3 is 2.23 bits per heavy atom. The molecule has 4 atom stereocenters. The number of Topliss-reactive ketones (excluding diaryl/α,β-unsaturated/α-hetero) is 1. The number of hydrogen-bond donors (Lipinski definition) is 0. The number of nitrogens with zero attached hydrogens (tertiary/aromatic N) is 3. The van der Waals surface area contributed by atoms with Crippen molar-refractivity contribution >= 4 is 41.0 Å². The number of carbonyl (C=O) groups excluding carboxylic acids is 4. The zero-order valence-electron chi connectivity index (χ0n) is 20.6. The second-order valence-corrected chi connectivity index (χ2v) is 9.60. The predicted molar refractivity (Wildman–Crippen MR) is 138 cm³/mol. The molecule has 3 aliphatic rings. The summed E-state index contributed by atoms with van der Waals surface area (Å²) in [5, 5.41) is 11.1. The molecule has 194 valence electrons. The highest BCUT2D eigenvalue weighted by Crippen LogP contribution is 2.53. The molecule has 10 nitrogen and oxygen atoms in total. The molecule has 39 heavy (non-hydrogen) atoms. The smallest absolute Gasteiger partial charge is 0.308 e. The Labute approximate surface area is 222 Å². The quantitative estimate of drug-likeness (QED) is 0.123. The topological polar surface area (TPSA) is 127 Å². The van der Waals surface area contributed by atoms with E-state index in [1.54, 1.807) is 11.1 Å². The maximum atomic E-state index is 13.9. The summed E-state index contributed by atoms with van der Waals surface area (Å²) < 4.78 is 5.06. The van der Waals surface area contributed by atoms with E-state index in [0.29, 0.717) is 5.69 Å². The van der Waals surface area contributed by atoms with Crippen LogP contribution in [0, 0.1) is 22.0 Å². The van der Waals surface area contributed by atoms with Crippen LogP contribution in [-0.4, -0.2) is 39.4 Å². The molecule has 0 bridgehead atoms. The van der Waals surface area contributed by atoms with Crippen molar-refractivity contribution in [3.8, 4) is 5.75 Å². The molecule has 2 saturated heterocycles. The van der Waals surface area contributed by atoms with Crippen molar-refractivity contribution in [2.24, 2.45) is 11.8 Å². The maximum absolute atomic E-state index is 13.9. The summed E-state index contributed by atoms with van der Waals surface area (Å²) in [5.41, 5.74) is 2.09. The second-order valence-electron chi connectivity index (χ2n) is 9.60. The van der Waals surface area contributed by atoms with Crippen molar-refractivity contribution in [1.29, 1.82) is 0 Å². The Balaban J connectivity index is 1.42. The van der Waals surface area contributed by atoms with Crippen molar-refractivity contribution in [3.05, 3.63) is 106 Å². The van der Waals surface area contributed by atoms with Crippen LogP contribution in [0.5, 0.6) is 5.75 Å². The lowest BCUT2D eigenvalue weighted by atomic mass is 9.83. The molecule has 3 heterocycles. The summed E-state index contributed by atoms with van der Waals surface area (Å²) in [6.45, 7) is 1.27. The standard InChI is InChI=1S/C29H21N3O7/c1-16(33)39-21-12-10-19(11-13-21)31-28(35)23-24(29(31)36)26(27(34)18-6-8-20(9-7-18)32(37)38)30-15-14-17-4-2-3-5-22(17)25(23)30/h2-15,23-26H,1H3/t23-,24+,25-,26-/m0/s1. The van der Waals surface area contributed by atoms with Crippen molar-refractivity contribution in [2.75, 3.05) is 4.90 Å². The van der Waals surface area contributed by atoms with Crippen molar-refractivity contribution < 1.29 is 28.8 Å². The van der Waals surface area contributed by atoms with Gasteiger partial charge in [-0.25, -0.2) is 4.90 Å². The van der Waals surface area contributed by atoms with Gasteiger partial charge < -0.3 is 9.64 Å². The van der Waals surface area contributed by atoms with Gasteiger partial charge in [0, 0.05) is 30.8 Å². The van der Waals surface area contributed by atoms with E-state index in [1.165, 1.54) is 55.5 Å². The van der Waals surface area contributed by atoms with Gasteiger partial charge in [-0.3, -0.25) is 29.3 Å². The Kier molecular flexibility index (Phi) is 5.60. The van der Waals surface area contributed by atoms with E-state index in [9.17, 15) is 29.3 Å². The van der Waals surface area contributed by atoms with E-state index >= 15 is 0 Å². The highest BCUT2D eigenvalue weighted by atomic mass is 16.6. The number of benzene rings is 3. The van der Waals surface area contributed by atoms with E-state index in [2.05, 4.69) is 0 Å². The number of nitro benzene ring substituents is 1. The van der Waals surface area contributed by atoms with Crippen LogP contribution in [0.3, 0.4) is 0 Å². The number of hydrogen-bond acceptors (Lipinski definition) is 8. The first-order valence-electron chi connectivity index (χ1n) is 12.3. The normalized spacial score (nSPS) is 22.8. The average molecular weight is 524 g/mol. The summed E-state index contributed by atoms with van der Waals surface area (Å²) in [7, 11) is 0. The van der Waals surface area contributed by atoms with Crippen LogP contribution in [0.15, 0.2) is 79.0 Å². The van der Waals surface area contributed by atoms with Gasteiger partial charge in [0.25, 0.3) is 5.69 Å². The minimum atomic E-state index is -0.993. The molecule has 10 heteroatoms. The van der Waals surface area contributed by atoms with E-state index in [-0.39, 0.29) is 17.0 Å². The molecule has 3 aliphatic heterocycles. The van der Waals surface area contributed by atoms with Gasteiger partial charge in [-0.05, 0) is 53.6 Å². The number of amides is 2. The molecule has 0 unspecified atom stereocenters. The van der Waals surface area contributed by atoms with E-state index in [1.807, 2.05) is 30.3 Å². The number of non-ortho nitro benzene ring substituents is 1. The summed E-state index contributed by atoms with van der Waals surface area (Å²) in [4.78, 5) is 66.5. The van der Waals surface area contributed by atoms with Crippen molar-refractivity contribution in [3.63, 3.8) is 0 Å². The van der Waals surface area contributed by atoms with Gasteiger partial charge in [-0.2, -0.15) is 0 Å². The molecule has 6 rings (SSSR count). The number of esters is 1. The molecule has 3 aromatic rings. The zero-order chi connectivity index (χ0) is 27.4. The van der Waals surface area contributed by atoms with E-state index in [4.69, 9.17) is 4.74 Å². The molecule has 2 fully saturated rings. The Hall–Kier alpha value is -5.12. The fourth-order valence-corrected chi connectivity index (χ4v) is 5.86. The minimum absolute atomic E-state index is 0.156. The van der Waals surface area contributed by atoms with Crippen LogP contribution >= 0.6 is 0 Å². The third kappa shape index (κ3) is 3.80. The van der Waals surface area contributed by atoms with Gasteiger partial charge >= 0.3 is 5.97 Å². The number of nitro groups is 1. The maximum Gasteiger partial charge on any atom is 0.308 e. The first kappa shape index (κ1) is 24.2. The van der Waals surface area contributed by atoms with E-state index < -0.39 is 52.4 Å². The van der Waals surface area contributed by atoms with Gasteiger partial charge in [-0.15, -0.1) is 0 Å². The summed E-state index contributed by atoms with van der Waals surface area (Å²) >= 11 is 0. The van der Waals surface area contributed by atoms with Gasteiger partial charge in [0.15, 0.2) is 5.78 Å². The average Bonchev–Trinajstić information content (AvgIpc) is 3.41. The monoisotopic (exact) mass is 523 g/mol. The highest BCUT2D eigenvalue weighted by molar-refractivity contribution is 6.24. The lowest BCUT2D eigenvalue weighted by molar-refractivity contribution is -0.384. The summed E-state index contributed by atoms with van der Waals surface area (Å²) in [5.74, 6) is -3.37. The van der Waals surface area contributed by atoms with Crippen LogP contribution in [-0.2, 0) is 14.4 Å². The highest BCUT2D eigenvalue weighted by Gasteiger charge is 2.64. The van der Waals surface area contributed by atoms with Gasteiger partial charge in [0.1, 0.15) is 11.8 Å². The van der Waals surface area contributed by atoms with Gasteiger partial charge in [-0.1, -0.05) is 24.3 Å². The Morgan fingerprint density at radius 1 is 0.897 bits per heavy atom. The first-order chi connectivity index (χ1) is 18.8. The number of fused-ring (bicyclic) bond motifs is 5. The largest absolute Gasteiger partial charge is 0.427 e. The molecular formula is C29H21N3O7. The number of carbonyl (C=O) groups is 4. The molecule has 0 N–H and O–H groups in total. The van der Waals surface area contributed by atoms with Gasteiger partial charge in [0.2, 0.25) is 11.8 Å². The zero-order valence-corrected chi connectivity index (χ0v) is 20.6. The third-order valence-electron chi connectivity index (χ3n) is 7.45.